The van der Waals surface area contributed by atoms with E-state index in [1.807, 2.05) is 0 Å². The molecule has 164 valence electrons. The predicted molar refractivity (Wildman–Crippen MR) is 107 cm³/mol. The fourth-order valence-electron chi connectivity index (χ4n) is 3.55. The van der Waals surface area contributed by atoms with Gasteiger partial charge in [0, 0.05) is 25.3 Å². The Bertz CT molecular complexity index is 804. The van der Waals surface area contributed by atoms with Crippen molar-refractivity contribution in [3.05, 3.63) is 47.1 Å². The van der Waals surface area contributed by atoms with Gasteiger partial charge in [0.05, 0.1) is 24.7 Å². The van der Waals surface area contributed by atoms with E-state index in [1.165, 1.54) is 13.0 Å². The summed E-state index contributed by atoms with van der Waals surface area (Å²) >= 11 is 0. The highest BCUT2D eigenvalue weighted by Crippen LogP contribution is 2.36. The molecule has 8 nitrogen and oxygen atoms in total. The third kappa shape index (κ3) is 5.46. The summed E-state index contributed by atoms with van der Waals surface area (Å²) in [5, 5.41) is 19.2. The van der Waals surface area contributed by atoms with E-state index >= 15 is 0 Å². The van der Waals surface area contributed by atoms with E-state index in [1.54, 1.807) is 26.0 Å². The number of aliphatic hydroxyl groups is 2. The van der Waals surface area contributed by atoms with E-state index in [2.05, 4.69) is 6.58 Å². The summed E-state index contributed by atoms with van der Waals surface area (Å²) in [6.45, 7) is 7.66. The molecule has 2 N–H and O–H groups in total. The fourth-order valence-corrected chi connectivity index (χ4v) is 3.55. The van der Waals surface area contributed by atoms with Crippen LogP contribution < -0.4 is 0 Å². The lowest BCUT2D eigenvalue weighted by Gasteiger charge is -2.29. The smallest absolute Gasteiger partial charge is 0.336 e. The van der Waals surface area contributed by atoms with Crippen molar-refractivity contribution in [1.29, 1.82) is 0 Å². The van der Waals surface area contributed by atoms with Crippen LogP contribution >= 0.6 is 0 Å². The maximum Gasteiger partial charge on any atom is 0.336 e. The number of aliphatic hydroxyl groups excluding tert-OH is 2. The Kier molecular flexibility index (Phi) is 8.14. The Hall–Kier alpha value is -2.71. The van der Waals surface area contributed by atoms with Crippen LogP contribution in [0.15, 0.2) is 47.1 Å². The molecule has 1 aliphatic carbocycles. The lowest BCUT2D eigenvalue weighted by Crippen LogP contribution is -2.35. The maximum atomic E-state index is 12.5. The minimum absolute atomic E-state index is 0.0793. The molecule has 0 amide bonds. The summed E-state index contributed by atoms with van der Waals surface area (Å²) in [6.07, 6.45) is 3.08. The van der Waals surface area contributed by atoms with Crippen LogP contribution in [-0.4, -0.2) is 59.6 Å². The van der Waals surface area contributed by atoms with Crippen LogP contribution in [0, 0.1) is 5.92 Å². The number of rotatable bonds is 5. The highest BCUT2D eigenvalue weighted by atomic mass is 16.6. The summed E-state index contributed by atoms with van der Waals surface area (Å²) in [5.41, 5.74) is 1.44. The molecule has 4 atom stereocenters. The van der Waals surface area contributed by atoms with Crippen LogP contribution in [0.5, 0.6) is 0 Å². The minimum Gasteiger partial charge on any atom is -0.458 e. The quantitative estimate of drug-likeness (QED) is 0.297. The summed E-state index contributed by atoms with van der Waals surface area (Å²) < 4.78 is 16.4. The van der Waals surface area contributed by atoms with Crippen molar-refractivity contribution in [2.75, 3.05) is 13.2 Å². The Morgan fingerprint density at radius 1 is 1.33 bits per heavy atom. The highest BCUT2D eigenvalue weighted by molar-refractivity contribution is 5.92. The van der Waals surface area contributed by atoms with E-state index in [0.717, 1.165) is 0 Å². The molecule has 0 bridgehead atoms. The average Bonchev–Trinajstić information content (AvgIpc) is 2.96. The molecule has 4 unspecified atom stereocenters. The molecule has 1 heterocycles. The van der Waals surface area contributed by atoms with Crippen LogP contribution in [0.3, 0.4) is 0 Å². The van der Waals surface area contributed by atoms with E-state index in [9.17, 15) is 24.6 Å². The molecule has 2 aliphatic rings. The number of carbonyl (C=O) groups excluding carboxylic acids is 3. The van der Waals surface area contributed by atoms with Gasteiger partial charge in [0.1, 0.15) is 18.3 Å². The van der Waals surface area contributed by atoms with Gasteiger partial charge in [0.25, 0.3) is 0 Å². The molecule has 0 aromatic rings. The van der Waals surface area contributed by atoms with Crippen LogP contribution in [-0.2, 0) is 28.6 Å². The Morgan fingerprint density at radius 2 is 2.03 bits per heavy atom. The van der Waals surface area contributed by atoms with Gasteiger partial charge in [0.2, 0.25) is 0 Å². The summed E-state index contributed by atoms with van der Waals surface area (Å²) in [6, 6.07) is 0. The first-order chi connectivity index (χ1) is 14.2. The van der Waals surface area contributed by atoms with Gasteiger partial charge in [-0.3, -0.25) is 4.79 Å². The lowest BCUT2D eigenvalue weighted by molar-refractivity contribution is -0.148. The lowest BCUT2D eigenvalue weighted by atomic mass is 9.85. The molecule has 1 fully saturated rings. The van der Waals surface area contributed by atoms with E-state index in [0.29, 0.717) is 17.6 Å². The van der Waals surface area contributed by atoms with Gasteiger partial charge in [-0.05, 0) is 31.1 Å². The molecule has 1 aliphatic heterocycles. The summed E-state index contributed by atoms with van der Waals surface area (Å²) in [7, 11) is 0. The second-order valence-electron chi connectivity index (χ2n) is 7.31. The van der Waals surface area contributed by atoms with Crippen molar-refractivity contribution < 1.29 is 38.8 Å². The van der Waals surface area contributed by atoms with Gasteiger partial charge in [-0.2, -0.15) is 0 Å². The molecule has 0 spiro atoms. The highest BCUT2D eigenvalue weighted by Gasteiger charge is 2.45. The number of esters is 3. The largest absolute Gasteiger partial charge is 0.458 e. The van der Waals surface area contributed by atoms with Crippen LogP contribution in [0.1, 0.15) is 33.6 Å². The standard InChI is InChI=1S/C22H28O8/c1-5-16(11-24)22(27)30-19-9-15(10-23)6-7-17(28-14(4)25)12(2)8-18-20(19)13(3)21(26)29-18/h5-6,8,17-20,23-24H,3,7,9-11H2,1-2,4H3. The topological polar surface area (TPSA) is 119 Å². The first kappa shape index (κ1) is 23.6. The van der Waals surface area contributed by atoms with Crippen molar-refractivity contribution in [3.63, 3.8) is 0 Å². The fraction of sp³-hybridized carbons (Fsp3) is 0.500. The van der Waals surface area contributed by atoms with Crippen molar-refractivity contribution >= 4 is 17.9 Å². The number of carbonyl (C=O) groups is 3. The molecular weight excluding hydrogens is 392 g/mol. The molecule has 0 aromatic heterocycles. The third-order valence-electron chi connectivity index (χ3n) is 5.23. The van der Waals surface area contributed by atoms with Gasteiger partial charge in [0.15, 0.2) is 0 Å². The number of ether oxygens (including phenoxy) is 3. The van der Waals surface area contributed by atoms with E-state index in [-0.39, 0.29) is 24.2 Å². The Morgan fingerprint density at radius 3 is 2.60 bits per heavy atom. The van der Waals surface area contributed by atoms with Crippen LogP contribution in [0.4, 0.5) is 0 Å². The second-order valence-corrected chi connectivity index (χ2v) is 7.31. The van der Waals surface area contributed by atoms with Crippen molar-refractivity contribution in [1.82, 2.24) is 0 Å². The summed E-state index contributed by atoms with van der Waals surface area (Å²) in [4.78, 5) is 36.2. The first-order valence-corrected chi connectivity index (χ1v) is 9.72. The zero-order valence-corrected chi connectivity index (χ0v) is 17.4. The normalized spacial score (nSPS) is 27.4. The van der Waals surface area contributed by atoms with Gasteiger partial charge < -0.3 is 24.4 Å². The first-order valence-electron chi connectivity index (χ1n) is 9.72. The van der Waals surface area contributed by atoms with Crippen molar-refractivity contribution in [3.8, 4) is 0 Å². The van der Waals surface area contributed by atoms with Crippen molar-refractivity contribution in [2.24, 2.45) is 5.92 Å². The molecule has 0 saturated carbocycles. The number of fused-ring (bicyclic) bond motifs is 1. The zero-order chi connectivity index (χ0) is 22.4. The molecule has 2 rings (SSSR count). The monoisotopic (exact) mass is 420 g/mol. The Labute approximate surface area is 175 Å². The average molecular weight is 420 g/mol. The SMILES string of the molecule is C=C1C(=O)OC2C=C(C)C(OC(C)=O)CC=C(CO)CC(OC(=O)C(=CC)CO)C12. The number of hydrogen-bond acceptors (Lipinski definition) is 8. The van der Waals surface area contributed by atoms with Crippen LogP contribution in [0.2, 0.25) is 0 Å². The minimum atomic E-state index is -0.851. The molecular formula is C22H28O8. The molecule has 8 heteroatoms. The predicted octanol–water partition coefficient (Wildman–Crippen LogP) is 1.53. The Balaban J connectivity index is 2.47. The van der Waals surface area contributed by atoms with E-state index < -0.39 is 48.7 Å². The van der Waals surface area contributed by atoms with E-state index in [4.69, 9.17) is 14.2 Å². The van der Waals surface area contributed by atoms with Gasteiger partial charge in [-0.1, -0.05) is 18.7 Å². The van der Waals surface area contributed by atoms with Gasteiger partial charge >= 0.3 is 17.9 Å². The molecule has 0 radical (unpaired) electrons. The molecule has 30 heavy (non-hydrogen) atoms. The van der Waals surface area contributed by atoms with Gasteiger partial charge in [-0.15, -0.1) is 0 Å². The third-order valence-corrected chi connectivity index (χ3v) is 5.23. The second kappa shape index (κ2) is 10.4. The zero-order valence-electron chi connectivity index (χ0n) is 17.4. The summed E-state index contributed by atoms with van der Waals surface area (Å²) in [5.74, 6) is -2.48. The molecule has 1 saturated heterocycles. The van der Waals surface area contributed by atoms with Crippen molar-refractivity contribution in [2.45, 2.75) is 51.9 Å². The maximum absolute atomic E-state index is 12.5. The number of hydrogen-bond donors (Lipinski definition) is 2. The number of allylic oxidation sites excluding steroid dienone is 1. The van der Waals surface area contributed by atoms with Gasteiger partial charge in [-0.25, -0.2) is 9.59 Å². The molecule has 0 aromatic carbocycles. The van der Waals surface area contributed by atoms with Crippen LogP contribution in [0.25, 0.3) is 0 Å².